The summed E-state index contributed by atoms with van der Waals surface area (Å²) in [7, 11) is 0. The zero-order valence-corrected chi connectivity index (χ0v) is 14.4. The van der Waals surface area contributed by atoms with Crippen LogP contribution in [0.1, 0.15) is 55.2 Å². The first-order chi connectivity index (χ1) is 12.3. The number of aromatic amines is 1. The summed E-state index contributed by atoms with van der Waals surface area (Å²) in [5, 5.41) is 14.2. The van der Waals surface area contributed by atoms with E-state index >= 15 is 0 Å². The molecule has 0 bridgehead atoms. The second-order valence-corrected chi connectivity index (χ2v) is 6.69. The van der Waals surface area contributed by atoms with Gasteiger partial charge in [-0.2, -0.15) is 10.4 Å². The van der Waals surface area contributed by atoms with Crippen molar-refractivity contribution in [1.82, 2.24) is 19.7 Å². The van der Waals surface area contributed by atoms with Crippen molar-refractivity contribution in [3.8, 4) is 6.07 Å². The number of benzene rings is 1. The Kier molecular flexibility index (Phi) is 4.10. The molecule has 25 heavy (non-hydrogen) atoms. The summed E-state index contributed by atoms with van der Waals surface area (Å²) in [6, 6.07) is 10.6. The van der Waals surface area contributed by atoms with Gasteiger partial charge < -0.3 is 4.98 Å². The number of hydrogen-bond acceptors (Lipinski definition) is 3. The van der Waals surface area contributed by atoms with E-state index in [1.807, 2.05) is 36.5 Å². The van der Waals surface area contributed by atoms with Crippen molar-refractivity contribution in [2.75, 3.05) is 0 Å². The third-order valence-electron chi connectivity index (χ3n) is 5.07. The number of H-pyrrole nitrogens is 1. The molecule has 126 valence electrons. The molecule has 0 spiro atoms. The molecule has 3 aromatic rings. The summed E-state index contributed by atoms with van der Waals surface area (Å²) in [5.41, 5.74) is 4.45. The van der Waals surface area contributed by atoms with Crippen molar-refractivity contribution in [2.24, 2.45) is 0 Å². The van der Waals surface area contributed by atoms with Crippen LogP contribution in [0.25, 0.3) is 22.7 Å². The van der Waals surface area contributed by atoms with Gasteiger partial charge in [0, 0.05) is 11.3 Å². The molecule has 0 amide bonds. The summed E-state index contributed by atoms with van der Waals surface area (Å²) in [6.07, 6.45) is 10.0. The quantitative estimate of drug-likeness (QED) is 0.711. The molecule has 0 aliphatic heterocycles. The third kappa shape index (κ3) is 2.96. The molecule has 1 saturated carbocycles. The van der Waals surface area contributed by atoms with Crippen molar-refractivity contribution in [3.63, 3.8) is 0 Å². The lowest BCUT2D eigenvalue weighted by Gasteiger charge is -2.23. The minimum atomic E-state index is 0.493. The number of fused-ring (bicyclic) bond motifs is 1. The molecule has 1 aliphatic carbocycles. The van der Waals surface area contributed by atoms with E-state index in [0.29, 0.717) is 17.4 Å². The van der Waals surface area contributed by atoms with Crippen molar-refractivity contribution < 1.29 is 0 Å². The van der Waals surface area contributed by atoms with E-state index in [9.17, 15) is 5.26 Å². The topological polar surface area (TPSA) is 70.3 Å². The highest BCUT2D eigenvalue weighted by Crippen LogP contribution is 2.30. The minimum Gasteiger partial charge on any atom is -0.337 e. The van der Waals surface area contributed by atoms with Crippen LogP contribution in [-0.4, -0.2) is 19.7 Å². The highest BCUT2D eigenvalue weighted by atomic mass is 15.3. The fraction of sp³-hybridized carbons (Fsp3) is 0.350. The number of nitrogens with one attached hydrogen (secondary N) is 1. The molecular formula is C20H21N5. The predicted molar refractivity (Wildman–Crippen MR) is 98.7 cm³/mol. The number of rotatable bonds is 3. The highest BCUT2D eigenvalue weighted by molar-refractivity contribution is 5.90. The number of nitriles is 1. The maximum atomic E-state index is 9.61. The molecule has 1 aliphatic rings. The molecular weight excluding hydrogens is 310 g/mol. The lowest BCUT2D eigenvalue weighted by molar-refractivity contribution is 0.325. The van der Waals surface area contributed by atoms with Gasteiger partial charge in [-0.25, -0.2) is 4.98 Å². The Hall–Kier alpha value is -2.87. The molecule has 0 radical (unpaired) electrons. The van der Waals surface area contributed by atoms with Gasteiger partial charge in [0.2, 0.25) is 0 Å². The Morgan fingerprint density at radius 1 is 1.28 bits per heavy atom. The summed E-state index contributed by atoms with van der Waals surface area (Å²) in [5.74, 6) is 0.605. The first-order valence-electron chi connectivity index (χ1n) is 8.87. The number of para-hydroxylation sites is 2. The van der Waals surface area contributed by atoms with Crippen LogP contribution in [-0.2, 0) is 0 Å². The van der Waals surface area contributed by atoms with Crippen LogP contribution < -0.4 is 0 Å². The fourth-order valence-electron chi connectivity index (χ4n) is 3.66. The summed E-state index contributed by atoms with van der Waals surface area (Å²) < 4.78 is 2.14. The second-order valence-electron chi connectivity index (χ2n) is 6.69. The van der Waals surface area contributed by atoms with Gasteiger partial charge in [0.05, 0.1) is 28.8 Å². The van der Waals surface area contributed by atoms with E-state index in [0.717, 1.165) is 22.3 Å². The molecule has 5 nitrogen and oxygen atoms in total. The Bertz CT molecular complexity index is 931. The molecule has 5 heteroatoms. The number of nitrogens with zero attached hydrogens (tertiary/aromatic N) is 4. The molecule has 1 N–H and O–H groups in total. The smallest absolute Gasteiger partial charge is 0.149 e. The third-order valence-corrected chi connectivity index (χ3v) is 5.07. The largest absolute Gasteiger partial charge is 0.337 e. The van der Waals surface area contributed by atoms with Crippen LogP contribution in [0, 0.1) is 18.3 Å². The average molecular weight is 331 g/mol. The van der Waals surface area contributed by atoms with E-state index < -0.39 is 0 Å². The van der Waals surface area contributed by atoms with E-state index in [1.165, 1.54) is 32.1 Å². The number of aromatic nitrogens is 4. The predicted octanol–water partition coefficient (Wildman–Crippen LogP) is 4.64. The SMILES string of the molecule is Cc1c(/C=C(\C#N)c2nc3ccccc3[nH]2)cnn1C1CCCCC1. The van der Waals surface area contributed by atoms with Gasteiger partial charge in [-0.15, -0.1) is 0 Å². The lowest BCUT2D eigenvalue weighted by atomic mass is 9.95. The van der Waals surface area contributed by atoms with E-state index in [4.69, 9.17) is 0 Å². The monoisotopic (exact) mass is 331 g/mol. The number of imidazole rings is 1. The van der Waals surface area contributed by atoms with E-state index in [1.54, 1.807) is 0 Å². The molecule has 2 aromatic heterocycles. The zero-order chi connectivity index (χ0) is 17.2. The van der Waals surface area contributed by atoms with Gasteiger partial charge in [0.1, 0.15) is 11.9 Å². The maximum Gasteiger partial charge on any atom is 0.149 e. The number of hydrogen-bond donors (Lipinski definition) is 1. The maximum absolute atomic E-state index is 9.61. The summed E-state index contributed by atoms with van der Waals surface area (Å²) >= 11 is 0. The van der Waals surface area contributed by atoms with Crippen LogP contribution in [0.3, 0.4) is 0 Å². The molecule has 2 heterocycles. The van der Waals surface area contributed by atoms with Gasteiger partial charge in [-0.05, 0) is 38.0 Å². The Morgan fingerprint density at radius 3 is 2.84 bits per heavy atom. The molecule has 1 aromatic carbocycles. The van der Waals surface area contributed by atoms with Crippen molar-refractivity contribution >= 4 is 22.7 Å². The van der Waals surface area contributed by atoms with Crippen LogP contribution in [0.4, 0.5) is 0 Å². The van der Waals surface area contributed by atoms with Gasteiger partial charge >= 0.3 is 0 Å². The first kappa shape index (κ1) is 15.6. The van der Waals surface area contributed by atoms with Gasteiger partial charge in [0.25, 0.3) is 0 Å². The van der Waals surface area contributed by atoms with Crippen LogP contribution in [0.5, 0.6) is 0 Å². The molecule has 0 saturated heterocycles. The Balaban J connectivity index is 1.68. The second kappa shape index (κ2) is 6.56. The van der Waals surface area contributed by atoms with Gasteiger partial charge in [-0.1, -0.05) is 31.4 Å². The zero-order valence-electron chi connectivity index (χ0n) is 14.4. The molecule has 0 unspecified atom stereocenters. The van der Waals surface area contributed by atoms with E-state index in [2.05, 4.69) is 32.7 Å². The van der Waals surface area contributed by atoms with Gasteiger partial charge in [0.15, 0.2) is 0 Å². The van der Waals surface area contributed by atoms with Crippen molar-refractivity contribution in [1.29, 1.82) is 5.26 Å². The fourth-order valence-corrected chi connectivity index (χ4v) is 3.66. The highest BCUT2D eigenvalue weighted by Gasteiger charge is 2.19. The molecule has 4 rings (SSSR count). The average Bonchev–Trinajstić information content (AvgIpc) is 3.24. The Labute approximate surface area is 147 Å². The summed E-state index contributed by atoms with van der Waals surface area (Å²) in [6.45, 7) is 2.08. The normalized spacial score (nSPS) is 16.2. The Morgan fingerprint density at radius 2 is 2.08 bits per heavy atom. The standard InChI is InChI=1S/C20H21N5/c1-14-16(13-22-25(14)17-7-3-2-4-8-17)11-15(12-21)20-23-18-9-5-6-10-19(18)24-20/h5-6,9-11,13,17H,2-4,7-8H2,1H3,(H,23,24)/b15-11+. The molecule has 1 fully saturated rings. The van der Waals surface area contributed by atoms with Crippen molar-refractivity contribution in [2.45, 2.75) is 45.1 Å². The first-order valence-corrected chi connectivity index (χ1v) is 8.87. The van der Waals surface area contributed by atoms with Crippen LogP contribution in [0.15, 0.2) is 30.5 Å². The summed E-state index contributed by atoms with van der Waals surface area (Å²) in [4.78, 5) is 7.76. The van der Waals surface area contributed by atoms with Crippen LogP contribution in [0.2, 0.25) is 0 Å². The van der Waals surface area contributed by atoms with Gasteiger partial charge in [-0.3, -0.25) is 4.68 Å². The number of allylic oxidation sites excluding steroid dienone is 1. The molecule has 0 atom stereocenters. The minimum absolute atomic E-state index is 0.493. The van der Waals surface area contributed by atoms with Crippen molar-refractivity contribution in [3.05, 3.63) is 47.5 Å². The van der Waals surface area contributed by atoms with Crippen LogP contribution >= 0.6 is 0 Å². The lowest BCUT2D eigenvalue weighted by Crippen LogP contribution is -2.15. The van der Waals surface area contributed by atoms with E-state index in [-0.39, 0.29) is 0 Å².